The average molecular weight is 296 g/mol. The molecule has 1 aliphatic rings. The Balaban J connectivity index is 2.11. The normalized spacial score (nSPS) is 22.2. The molecule has 2 N–H and O–H groups in total. The maximum atomic E-state index is 11.3. The van der Waals surface area contributed by atoms with Crippen molar-refractivity contribution >= 4 is 21.4 Å². The highest BCUT2D eigenvalue weighted by Crippen LogP contribution is 2.37. The van der Waals surface area contributed by atoms with Crippen LogP contribution in [0.4, 0.5) is 11.4 Å². The van der Waals surface area contributed by atoms with E-state index in [1.54, 1.807) is 6.07 Å². The molecule has 1 atom stereocenters. The lowest BCUT2D eigenvalue weighted by molar-refractivity contribution is 0.217. The van der Waals surface area contributed by atoms with Gasteiger partial charge >= 0.3 is 0 Å². The molecule has 112 valence electrons. The highest BCUT2D eigenvalue weighted by Gasteiger charge is 2.31. The predicted octanol–water partition coefficient (Wildman–Crippen LogP) is 3.44. The fraction of sp³-hybridized carbons (Fsp3) is 0.600. The first-order chi connectivity index (χ1) is 9.26. The minimum absolute atomic E-state index is 0.276. The quantitative estimate of drug-likeness (QED) is 0.895. The Bertz CT molecular complexity index is 567. The first-order valence-electron chi connectivity index (χ1n) is 7.11. The van der Waals surface area contributed by atoms with Crippen molar-refractivity contribution in [2.24, 2.45) is 5.41 Å². The highest BCUT2D eigenvalue weighted by atomic mass is 32.2. The van der Waals surface area contributed by atoms with Gasteiger partial charge < -0.3 is 5.32 Å². The number of anilines is 2. The number of benzene rings is 1. The highest BCUT2D eigenvalue weighted by molar-refractivity contribution is 7.92. The Hall–Kier alpha value is -1.23. The molecule has 0 radical (unpaired) electrons. The monoisotopic (exact) mass is 296 g/mol. The SMILES string of the molecule is CC1(C)CCCCC1Nc1cccc(NS(C)(=O)=O)c1. The van der Waals surface area contributed by atoms with E-state index in [1.165, 1.54) is 19.3 Å². The lowest BCUT2D eigenvalue weighted by atomic mass is 9.73. The van der Waals surface area contributed by atoms with Crippen molar-refractivity contribution in [3.63, 3.8) is 0 Å². The summed E-state index contributed by atoms with van der Waals surface area (Å²) in [5.74, 6) is 0. The summed E-state index contributed by atoms with van der Waals surface area (Å²) < 4.78 is 25.1. The van der Waals surface area contributed by atoms with Gasteiger partial charge in [0.05, 0.1) is 11.9 Å². The molecule has 4 nitrogen and oxygen atoms in total. The number of hydrogen-bond acceptors (Lipinski definition) is 3. The number of hydrogen-bond donors (Lipinski definition) is 2. The smallest absolute Gasteiger partial charge is 0.229 e. The van der Waals surface area contributed by atoms with Crippen molar-refractivity contribution in [1.29, 1.82) is 0 Å². The standard InChI is InChI=1S/C15H24N2O2S/c1-15(2)10-5-4-9-14(15)16-12-7-6-8-13(11-12)17-20(3,18)19/h6-8,11,14,16-17H,4-5,9-10H2,1-3H3. The molecule has 1 unspecified atom stereocenters. The van der Waals surface area contributed by atoms with Crippen LogP contribution in [-0.4, -0.2) is 20.7 Å². The molecule has 5 heteroatoms. The fourth-order valence-corrected chi connectivity index (χ4v) is 3.40. The molecule has 1 aromatic rings. The Morgan fingerprint density at radius 1 is 1.20 bits per heavy atom. The molecule has 1 aliphatic carbocycles. The van der Waals surface area contributed by atoms with Gasteiger partial charge in [-0.1, -0.05) is 32.8 Å². The first kappa shape index (κ1) is 15.2. The Morgan fingerprint density at radius 3 is 2.55 bits per heavy atom. The molecule has 20 heavy (non-hydrogen) atoms. The van der Waals surface area contributed by atoms with Gasteiger partial charge in [-0.3, -0.25) is 4.72 Å². The van der Waals surface area contributed by atoms with E-state index in [4.69, 9.17) is 0 Å². The second-order valence-electron chi connectivity index (χ2n) is 6.39. The molecule has 0 aliphatic heterocycles. The molecule has 0 saturated heterocycles. The van der Waals surface area contributed by atoms with Crippen LogP contribution in [0.15, 0.2) is 24.3 Å². The zero-order chi connectivity index (χ0) is 14.8. The van der Waals surface area contributed by atoms with E-state index in [2.05, 4.69) is 23.9 Å². The zero-order valence-corrected chi connectivity index (χ0v) is 13.3. The molecule has 0 heterocycles. The summed E-state index contributed by atoms with van der Waals surface area (Å²) in [6.07, 6.45) is 6.10. The molecule has 0 bridgehead atoms. The molecule has 0 aromatic heterocycles. The van der Waals surface area contributed by atoms with Crippen molar-refractivity contribution in [2.75, 3.05) is 16.3 Å². The third-order valence-electron chi connectivity index (χ3n) is 4.01. The Labute approximate surface area is 122 Å². The summed E-state index contributed by atoms with van der Waals surface area (Å²) in [7, 11) is -3.23. The van der Waals surface area contributed by atoms with Gasteiger partial charge in [0.15, 0.2) is 0 Å². The summed E-state index contributed by atoms with van der Waals surface area (Å²) in [6, 6.07) is 7.90. The maximum absolute atomic E-state index is 11.3. The van der Waals surface area contributed by atoms with E-state index >= 15 is 0 Å². The van der Waals surface area contributed by atoms with Crippen LogP contribution in [0.5, 0.6) is 0 Å². The minimum atomic E-state index is -3.23. The first-order valence-corrected chi connectivity index (χ1v) is 9.00. The van der Waals surface area contributed by atoms with Crippen LogP contribution in [0.3, 0.4) is 0 Å². The molecule has 1 fully saturated rings. The second-order valence-corrected chi connectivity index (χ2v) is 8.13. The molecular formula is C15H24N2O2S. The molecule has 2 rings (SSSR count). The molecular weight excluding hydrogens is 272 g/mol. The van der Waals surface area contributed by atoms with Gasteiger partial charge in [-0.2, -0.15) is 0 Å². The molecule has 1 aromatic carbocycles. The molecule has 1 saturated carbocycles. The van der Waals surface area contributed by atoms with Gasteiger partial charge in [-0.05, 0) is 36.5 Å². The molecule has 0 spiro atoms. The topological polar surface area (TPSA) is 58.2 Å². The van der Waals surface area contributed by atoms with Crippen LogP contribution >= 0.6 is 0 Å². The van der Waals surface area contributed by atoms with Crippen LogP contribution in [0.1, 0.15) is 39.5 Å². The van der Waals surface area contributed by atoms with E-state index in [0.29, 0.717) is 11.7 Å². The summed E-state index contributed by atoms with van der Waals surface area (Å²) in [4.78, 5) is 0. The van der Waals surface area contributed by atoms with Crippen molar-refractivity contribution < 1.29 is 8.42 Å². The van der Waals surface area contributed by atoms with Crippen molar-refractivity contribution in [2.45, 2.75) is 45.6 Å². The summed E-state index contributed by atoms with van der Waals surface area (Å²) in [6.45, 7) is 4.59. The van der Waals surface area contributed by atoms with Crippen LogP contribution < -0.4 is 10.0 Å². The van der Waals surface area contributed by atoms with E-state index < -0.39 is 10.0 Å². The van der Waals surface area contributed by atoms with Gasteiger partial charge in [-0.25, -0.2) is 8.42 Å². The number of nitrogens with one attached hydrogen (secondary N) is 2. The van der Waals surface area contributed by atoms with Crippen LogP contribution in [0.2, 0.25) is 0 Å². The second kappa shape index (κ2) is 5.64. The van der Waals surface area contributed by atoms with E-state index in [9.17, 15) is 8.42 Å². The lowest BCUT2D eigenvalue weighted by Crippen LogP contribution is -2.38. The third kappa shape index (κ3) is 4.13. The van der Waals surface area contributed by atoms with Gasteiger partial charge in [0, 0.05) is 11.7 Å². The van der Waals surface area contributed by atoms with Crippen molar-refractivity contribution in [3.8, 4) is 0 Å². The van der Waals surface area contributed by atoms with E-state index in [1.807, 2.05) is 18.2 Å². The van der Waals surface area contributed by atoms with Crippen molar-refractivity contribution in [1.82, 2.24) is 0 Å². The third-order valence-corrected chi connectivity index (χ3v) is 4.62. The lowest BCUT2D eigenvalue weighted by Gasteiger charge is -2.39. The van der Waals surface area contributed by atoms with Gasteiger partial charge in [0.25, 0.3) is 0 Å². The van der Waals surface area contributed by atoms with Gasteiger partial charge in [-0.15, -0.1) is 0 Å². The fourth-order valence-electron chi connectivity index (χ4n) is 2.85. The number of sulfonamides is 1. The van der Waals surface area contributed by atoms with Gasteiger partial charge in [0.1, 0.15) is 0 Å². The van der Waals surface area contributed by atoms with Crippen LogP contribution in [0.25, 0.3) is 0 Å². The predicted molar refractivity (Wildman–Crippen MR) is 84.6 cm³/mol. The van der Waals surface area contributed by atoms with E-state index in [-0.39, 0.29) is 5.41 Å². The maximum Gasteiger partial charge on any atom is 0.229 e. The van der Waals surface area contributed by atoms with Crippen LogP contribution in [0, 0.1) is 5.41 Å². The Morgan fingerprint density at radius 2 is 1.90 bits per heavy atom. The zero-order valence-electron chi connectivity index (χ0n) is 12.4. The summed E-state index contributed by atoms with van der Waals surface area (Å²) >= 11 is 0. The average Bonchev–Trinajstić information content (AvgIpc) is 2.30. The minimum Gasteiger partial charge on any atom is -0.382 e. The Kier molecular flexibility index (Phi) is 4.28. The van der Waals surface area contributed by atoms with Crippen molar-refractivity contribution in [3.05, 3.63) is 24.3 Å². The van der Waals surface area contributed by atoms with Gasteiger partial charge in [0.2, 0.25) is 10.0 Å². The van der Waals surface area contributed by atoms with E-state index in [0.717, 1.165) is 18.4 Å². The largest absolute Gasteiger partial charge is 0.382 e. The van der Waals surface area contributed by atoms with Crippen LogP contribution in [-0.2, 0) is 10.0 Å². The summed E-state index contributed by atoms with van der Waals surface area (Å²) in [5, 5.41) is 3.56. The summed E-state index contributed by atoms with van der Waals surface area (Å²) in [5.41, 5.74) is 1.85. The number of rotatable bonds is 4. The molecule has 0 amide bonds.